The SMILES string of the molecule is O=C(CSc1ccc2c(c1)OCCO2)Nc1cccc2nsnc12. The first kappa shape index (κ1) is 15.2. The van der Waals surface area contributed by atoms with Crippen LogP contribution in [0.1, 0.15) is 0 Å². The Labute approximate surface area is 146 Å². The van der Waals surface area contributed by atoms with Gasteiger partial charge in [-0.05, 0) is 30.3 Å². The zero-order chi connectivity index (χ0) is 16.4. The molecule has 8 heteroatoms. The van der Waals surface area contributed by atoms with Gasteiger partial charge in [-0.3, -0.25) is 4.79 Å². The van der Waals surface area contributed by atoms with Gasteiger partial charge in [-0.1, -0.05) is 6.07 Å². The van der Waals surface area contributed by atoms with Crippen LogP contribution < -0.4 is 14.8 Å². The van der Waals surface area contributed by atoms with Crippen LogP contribution in [0.25, 0.3) is 11.0 Å². The topological polar surface area (TPSA) is 73.3 Å². The molecule has 0 bridgehead atoms. The van der Waals surface area contributed by atoms with Crippen LogP contribution in [0.2, 0.25) is 0 Å². The Morgan fingerprint density at radius 3 is 2.96 bits per heavy atom. The monoisotopic (exact) mass is 359 g/mol. The summed E-state index contributed by atoms with van der Waals surface area (Å²) in [7, 11) is 0. The fourth-order valence-electron chi connectivity index (χ4n) is 2.36. The lowest BCUT2D eigenvalue weighted by atomic mass is 10.2. The second-order valence-corrected chi connectivity index (χ2v) is 6.66. The van der Waals surface area contributed by atoms with Crippen molar-refractivity contribution in [1.29, 1.82) is 0 Å². The van der Waals surface area contributed by atoms with E-state index in [4.69, 9.17) is 9.47 Å². The van der Waals surface area contributed by atoms with E-state index in [1.165, 1.54) is 11.8 Å². The van der Waals surface area contributed by atoms with E-state index in [-0.39, 0.29) is 5.91 Å². The van der Waals surface area contributed by atoms with E-state index in [1.54, 1.807) is 0 Å². The summed E-state index contributed by atoms with van der Waals surface area (Å²) in [6.45, 7) is 1.12. The molecule has 1 aromatic heterocycles. The molecule has 0 radical (unpaired) electrons. The Bertz CT molecular complexity index is 897. The molecule has 0 spiro atoms. The maximum Gasteiger partial charge on any atom is 0.234 e. The lowest BCUT2D eigenvalue weighted by Crippen LogP contribution is -2.15. The average molecular weight is 359 g/mol. The van der Waals surface area contributed by atoms with Crippen molar-refractivity contribution in [2.75, 3.05) is 24.3 Å². The van der Waals surface area contributed by atoms with Crippen LogP contribution in [0.4, 0.5) is 5.69 Å². The number of rotatable bonds is 4. The normalized spacial score (nSPS) is 13.0. The average Bonchev–Trinajstić information content (AvgIpc) is 3.10. The number of fused-ring (bicyclic) bond motifs is 2. The lowest BCUT2D eigenvalue weighted by molar-refractivity contribution is -0.113. The first-order valence-electron chi connectivity index (χ1n) is 7.33. The highest BCUT2D eigenvalue weighted by molar-refractivity contribution is 8.00. The summed E-state index contributed by atoms with van der Waals surface area (Å²) in [4.78, 5) is 13.2. The first-order chi connectivity index (χ1) is 11.8. The molecule has 3 aromatic rings. The number of aromatic nitrogens is 2. The van der Waals surface area contributed by atoms with E-state index in [1.807, 2.05) is 36.4 Å². The molecule has 0 atom stereocenters. The lowest BCUT2D eigenvalue weighted by Gasteiger charge is -2.18. The second kappa shape index (κ2) is 6.66. The minimum Gasteiger partial charge on any atom is -0.486 e. The van der Waals surface area contributed by atoms with Crippen LogP contribution in [0.3, 0.4) is 0 Å². The van der Waals surface area contributed by atoms with Crippen molar-refractivity contribution in [1.82, 2.24) is 8.75 Å². The number of amides is 1. The van der Waals surface area contributed by atoms with Crippen LogP contribution in [-0.2, 0) is 4.79 Å². The Kier molecular flexibility index (Phi) is 4.22. The van der Waals surface area contributed by atoms with Gasteiger partial charge in [-0.15, -0.1) is 11.8 Å². The molecule has 0 saturated heterocycles. The van der Waals surface area contributed by atoms with E-state index in [9.17, 15) is 4.79 Å². The number of thioether (sulfide) groups is 1. The van der Waals surface area contributed by atoms with Gasteiger partial charge < -0.3 is 14.8 Å². The van der Waals surface area contributed by atoms with Gasteiger partial charge in [0, 0.05) is 4.90 Å². The molecule has 1 aliphatic heterocycles. The van der Waals surface area contributed by atoms with Crippen molar-refractivity contribution in [3.63, 3.8) is 0 Å². The molecule has 2 aromatic carbocycles. The van der Waals surface area contributed by atoms with Crippen molar-refractivity contribution in [3.8, 4) is 11.5 Å². The third-order valence-electron chi connectivity index (χ3n) is 3.44. The van der Waals surface area contributed by atoms with Gasteiger partial charge in [0.2, 0.25) is 5.91 Å². The van der Waals surface area contributed by atoms with Gasteiger partial charge >= 0.3 is 0 Å². The van der Waals surface area contributed by atoms with Crippen molar-refractivity contribution in [2.24, 2.45) is 0 Å². The van der Waals surface area contributed by atoms with E-state index >= 15 is 0 Å². The quantitative estimate of drug-likeness (QED) is 0.721. The summed E-state index contributed by atoms with van der Waals surface area (Å²) in [5.41, 5.74) is 2.20. The largest absolute Gasteiger partial charge is 0.486 e. The number of hydrogen-bond acceptors (Lipinski definition) is 7. The van der Waals surface area contributed by atoms with Crippen LogP contribution >= 0.6 is 23.5 Å². The standard InChI is InChI=1S/C16H13N3O3S2/c20-15(17-11-2-1-3-12-16(11)19-24-18-12)9-23-10-4-5-13-14(8-10)22-7-6-21-13/h1-5,8H,6-7,9H2,(H,17,20). The maximum atomic E-state index is 12.2. The van der Waals surface area contributed by atoms with Crippen LogP contribution in [0.15, 0.2) is 41.3 Å². The zero-order valence-electron chi connectivity index (χ0n) is 12.5. The molecule has 0 unspecified atom stereocenters. The third kappa shape index (κ3) is 3.15. The molecule has 24 heavy (non-hydrogen) atoms. The highest BCUT2D eigenvalue weighted by Gasteiger charge is 2.13. The van der Waals surface area contributed by atoms with Crippen LogP contribution in [0.5, 0.6) is 11.5 Å². The minimum absolute atomic E-state index is 0.0876. The molecule has 0 fully saturated rings. The van der Waals surface area contributed by atoms with Crippen molar-refractivity contribution in [3.05, 3.63) is 36.4 Å². The van der Waals surface area contributed by atoms with Gasteiger partial charge in [-0.2, -0.15) is 8.75 Å². The Balaban J connectivity index is 1.41. The van der Waals surface area contributed by atoms with Crippen molar-refractivity contribution >= 4 is 46.1 Å². The molecule has 0 saturated carbocycles. The van der Waals surface area contributed by atoms with Crippen molar-refractivity contribution in [2.45, 2.75) is 4.90 Å². The Morgan fingerprint density at radius 2 is 2.04 bits per heavy atom. The number of carbonyl (C=O) groups excluding carboxylic acids is 1. The summed E-state index contributed by atoms with van der Waals surface area (Å²) in [5, 5.41) is 2.89. The zero-order valence-corrected chi connectivity index (χ0v) is 14.2. The number of nitrogens with zero attached hydrogens (tertiary/aromatic N) is 2. The summed E-state index contributed by atoms with van der Waals surface area (Å²) >= 11 is 2.58. The van der Waals surface area contributed by atoms with Gasteiger partial charge in [0.15, 0.2) is 11.5 Å². The number of hydrogen-bond donors (Lipinski definition) is 1. The number of anilines is 1. The molecule has 122 valence electrons. The minimum atomic E-state index is -0.0876. The number of benzene rings is 2. The summed E-state index contributed by atoms with van der Waals surface area (Å²) in [5.74, 6) is 1.69. The molecule has 4 rings (SSSR count). The Hall–Kier alpha value is -2.32. The molecule has 0 aliphatic carbocycles. The van der Waals surface area contributed by atoms with Crippen molar-refractivity contribution < 1.29 is 14.3 Å². The fourth-order valence-corrected chi connectivity index (χ4v) is 3.63. The number of nitrogens with one attached hydrogen (secondary N) is 1. The fraction of sp³-hybridized carbons (Fsp3) is 0.188. The highest BCUT2D eigenvalue weighted by atomic mass is 32.2. The molecular formula is C16H13N3O3S2. The van der Waals surface area contributed by atoms with E-state index in [2.05, 4.69) is 14.1 Å². The van der Waals surface area contributed by atoms with Gasteiger partial charge in [0.1, 0.15) is 24.2 Å². The third-order valence-corrected chi connectivity index (χ3v) is 4.98. The summed E-state index contributed by atoms with van der Waals surface area (Å²) in [6.07, 6.45) is 0. The second-order valence-electron chi connectivity index (χ2n) is 5.08. The Morgan fingerprint density at radius 1 is 1.17 bits per heavy atom. The van der Waals surface area contributed by atoms with Gasteiger partial charge in [0.05, 0.1) is 23.2 Å². The first-order valence-corrected chi connectivity index (χ1v) is 9.05. The predicted molar refractivity (Wildman–Crippen MR) is 94.2 cm³/mol. The van der Waals surface area contributed by atoms with E-state index in [0.717, 1.165) is 39.2 Å². The van der Waals surface area contributed by atoms with Crippen LogP contribution in [-0.4, -0.2) is 33.6 Å². The maximum absolute atomic E-state index is 12.2. The predicted octanol–water partition coefficient (Wildman–Crippen LogP) is 3.19. The molecule has 1 N–H and O–H groups in total. The molecular weight excluding hydrogens is 346 g/mol. The molecule has 1 amide bonds. The molecule has 1 aliphatic rings. The summed E-state index contributed by atoms with van der Waals surface area (Å²) in [6, 6.07) is 11.3. The number of carbonyl (C=O) groups is 1. The smallest absolute Gasteiger partial charge is 0.234 e. The molecule has 6 nitrogen and oxygen atoms in total. The van der Waals surface area contributed by atoms with Crippen LogP contribution in [0, 0.1) is 0 Å². The van der Waals surface area contributed by atoms with Gasteiger partial charge in [0.25, 0.3) is 0 Å². The van der Waals surface area contributed by atoms with E-state index < -0.39 is 0 Å². The summed E-state index contributed by atoms with van der Waals surface area (Å²) < 4.78 is 19.4. The van der Waals surface area contributed by atoms with E-state index in [0.29, 0.717) is 24.7 Å². The van der Waals surface area contributed by atoms with Gasteiger partial charge in [-0.25, -0.2) is 0 Å². The molecule has 2 heterocycles. The number of ether oxygens (including phenoxy) is 2. The highest BCUT2D eigenvalue weighted by Crippen LogP contribution is 2.34.